The predicted octanol–water partition coefficient (Wildman–Crippen LogP) is 3.07. The molecule has 0 aromatic rings. The second-order valence-electron chi connectivity index (χ2n) is 3.38. The van der Waals surface area contributed by atoms with Crippen LogP contribution in [0.3, 0.4) is 0 Å². The van der Waals surface area contributed by atoms with Gasteiger partial charge in [0, 0.05) is 6.42 Å². The minimum absolute atomic E-state index is 0.338. The Hall–Kier alpha value is -0.530. The molecule has 0 saturated heterocycles. The van der Waals surface area contributed by atoms with Crippen molar-refractivity contribution < 1.29 is 9.90 Å². The lowest BCUT2D eigenvalue weighted by molar-refractivity contribution is -0.137. The van der Waals surface area contributed by atoms with Crippen LogP contribution in [0.5, 0.6) is 0 Å². The smallest absolute Gasteiger partial charge is 0.303 e. The number of hydrogen-bond donors (Lipinski definition) is 1. The zero-order chi connectivity index (χ0) is 9.40. The summed E-state index contributed by atoms with van der Waals surface area (Å²) in [6.07, 6.45) is 5.90. The summed E-state index contributed by atoms with van der Waals surface area (Å²) in [7, 11) is 0. The molecular weight excluding hydrogens is 152 g/mol. The van der Waals surface area contributed by atoms with Crippen LogP contribution in [0, 0.1) is 5.92 Å². The summed E-state index contributed by atoms with van der Waals surface area (Å²) in [4.78, 5) is 10.3. The molecule has 0 aliphatic heterocycles. The van der Waals surface area contributed by atoms with Crippen molar-refractivity contribution in [3.05, 3.63) is 0 Å². The maximum atomic E-state index is 10.3. The lowest BCUT2D eigenvalue weighted by Gasteiger charge is -2.12. The molecule has 0 bridgehead atoms. The third-order valence-electron chi connectivity index (χ3n) is 2.16. The molecule has 0 spiro atoms. The van der Waals surface area contributed by atoms with Crippen LogP contribution in [-0.2, 0) is 4.79 Å². The van der Waals surface area contributed by atoms with E-state index in [0.29, 0.717) is 12.3 Å². The Morgan fingerprint density at radius 3 is 2.00 bits per heavy atom. The van der Waals surface area contributed by atoms with E-state index in [4.69, 9.17) is 5.11 Å². The molecule has 0 atom stereocenters. The SMILES string of the molecule is CCCC(CCC)CCC(=O)O. The Labute approximate surface area is 75.0 Å². The lowest BCUT2D eigenvalue weighted by atomic mass is 9.93. The molecule has 72 valence electrons. The largest absolute Gasteiger partial charge is 0.481 e. The third kappa shape index (κ3) is 6.20. The highest BCUT2D eigenvalue weighted by Gasteiger charge is 2.08. The van der Waals surface area contributed by atoms with Crippen molar-refractivity contribution in [1.82, 2.24) is 0 Å². The molecule has 0 aliphatic rings. The molecule has 0 radical (unpaired) electrons. The first-order valence-corrected chi connectivity index (χ1v) is 4.92. The van der Waals surface area contributed by atoms with Crippen molar-refractivity contribution in [2.24, 2.45) is 5.92 Å². The summed E-state index contributed by atoms with van der Waals surface area (Å²) in [5.41, 5.74) is 0. The monoisotopic (exact) mass is 172 g/mol. The Balaban J connectivity index is 3.54. The third-order valence-corrected chi connectivity index (χ3v) is 2.16. The predicted molar refractivity (Wildman–Crippen MR) is 50.2 cm³/mol. The van der Waals surface area contributed by atoms with Crippen molar-refractivity contribution in [3.8, 4) is 0 Å². The highest BCUT2D eigenvalue weighted by atomic mass is 16.4. The fourth-order valence-corrected chi connectivity index (χ4v) is 1.58. The van der Waals surface area contributed by atoms with Crippen LogP contribution in [0.25, 0.3) is 0 Å². The van der Waals surface area contributed by atoms with Crippen LogP contribution in [0.2, 0.25) is 0 Å². The molecule has 0 rings (SSSR count). The van der Waals surface area contributed by atoms with Gasteiger partial charge in [0.1, 0.15) is 0 Å². The first kappa shape index (κ1) is 11.5. The minimum Gasteiger partial charge on any atom is -0.481 e. The molecule has 0 aromatic heterocycles. The van der Waals surface area contributed by atoms with E-state index < -0.39 is 5.97 Å². The molecule has 0 aliphatic carbocycles. The van der Waals surface area contributed by atoms with Crippen molar-refractivity contribution in [2.45, 2.75) is 52.4 Å². The van der Waals surface area contributed by atoms with Gasteiger partial charge in [-0.15, -0.1) is 0 Å². The van der Waals surface area contributed by atoms with Gasteiger partial charge in [0.2, 0.25) is 0 Å². The summed E-state index contributed by atoms with van der Waals surface area (Å²) in [5, 5.41) is 8.50. The van der Waals surface area contributed by atoms with Gasteiger partial charge < -0.3 is 5.11 Å². The van der Waals surface area contributed by atoms with Crippen molar-refractivity contribution in [2.75, 3.05) is 0 Å². The van der Waals surface area contributed by atoms with Gasteiger partial charge in [-0.25, -0.2) is 0 Å². The van der Waals surface area contributed by atoms with Gasteiger partial charge in [-0.1, -0.05) is 39.5 Å². The second kappa shape index (κ2) is 7.14. The Kier molecular flexibility index (Phi) is 6.82. The van der Waals surface area contributed by atoms with E-state index >= 15 is 0 Å². The molecule has 0 heterocycles. The summed E-state index contributed by atoms with van der Waals surface area (Å²) in [5.74, 6) is -0.0247. The molecule has 12 heavy (non-hydrogen) atoms. The standard InChI is InChI=1S/C10H20O2/c1-3-5-9(6-4-2)7-8-10(11)12/h9H,3-8H2,1-2H3,(H,11,12). The highest BCUT2D eigenvalue weighted by molar-refractivity contribution is 5.66. The maximum Gasteiger partial charge on any atom is 0.303 e. The average Bonchev–Trinajstić information content (AvgIpc) is 2.01. The average molecular weight is 172 g/mol. The van der Waals surface area contributed by atoms with Crippen molar-refractivity contribution >= 4 is 5.97 Å². The summed E-state index contributed by atoms with van der Waals surface area (Å²) in [6.45, 7) is 4.31. The Bertz CT molecular complexity index is 115. The fourth-order valence-electron chi connectivity index (χ4n) is 1.58. The second-order valence-corrected chi connectivity index (χ2v) is 3.38. The van der Waals surface area contributed by atoms with Gasteiger partial charge in [-0.3, -0.25) is 4.79 Å². The number of aliphatic carboxylic acids is 1. The van der Waals surface area contributed by atoms with Gasteiger partial charge in [-0.2, -0.15) is 0 Å². The number of rotatable bonds is 7. The molecule has 0 amide bonds. The van der Waals surface area contributed by atoms with Crippen molar-refractivity contribution in [1.29, 1.82) is 0 Å². The number of carboxylic acid groups (broad SMARTS) is 1. The summed E-state index contributed by atoms with van der Waals surface area (Å²) < 4.78 is 0. The molecular formula is C10H20O2. The molecule has 0 aromatic carbocycles. The van der Waals surface area contributed by atoms with Crippen LogP contribution in [0.1, 0.15) is 52.4 Å². The zero-order valence-corrected chi connectivity index (χ0v) is 8.18. The molecule has 0 unspecified atom stereocenters. The number of hydrogen-bond acceptors (Lipinski definition) is 1. The topological polar surface area (TPSA) is 37.3 Å². The number of carbonyl (C=O) groups is 1. The first-order chi connectivity index (χ1) is 5.70. The number of carboxylic acids is 1. The van der Waals surface area contributed by atoms with E-state index in [2.05, 4.69) is 13.8 Å². The lowest BCUT2D eigenvalue weighted by Crippen LogP contribution is -2.04. The van der Waals surface area contributed by atoms with Gasteiger partial charge in [0.25, 0.3) is 0 Å². The molecule has 1 N–H and O–H groups in total. The maximum absolute atomic E-state index is 10.3. The first-order valence-electron chi connectivity index (χ1n) is 4.92. The van der Waals surface area contributed by atoms with Gasteiger partial charge in [0.15, 0.2) is 0 Å². The van der Waals surface area contributed by atoms with Crippen LogP contribution in [-0.4, -0.2) is 11.1 Å². The van der Waals surface area contributed by atoms with Crippen molar-refractivity contribution in [3.63, 3.8) is 0 Å². The molecule has 2 nitrogen and oxygen atoms in total. The Morgan fingerprint density at radius 2 is 1.67 bits per heavy atom. The molecule has 2 heteroatoms. The van der Waals surface area contributed by atoms with Crippen LogP contribution < -0.4 is 0 Å². The van der Waals surface area contributed by atoms with E-state index in [1.54, 1.807) is 0 Å². The van der Waals surface area contributed by atoms with Gasteiger partial charge in [-0.05, 0) is 12.3 Å². The van der Waals surface area contributed by atoms with Gasteiger partial charge >= 0.3 is 5.97 Å². The fraction of sp³-hybridized carbons (Fsp3) is 0.900. The van der Waals surface area contributed by atoms with E-state index in [9.17, 15) is 4.79 Å². The van der Waals surface area contributed by atoms with E-state index in [-0.39, 0.29) is 0 Å². The van der Waals surface area contributed by atoms with Crippen LogP contribution >= 0.6 is 0 Å². The summed E-state index contributed by atoms with van der Waals surface area (Å²) >= 11 is 0. The normalized spacial score (nSPS) is 10.6. The molecule has 0 fully saturated rings. The van der Waals surface area contributed by atoms with Gasteiger partial charge in [0.05, 0.1) is 0 Å². The zero-order valence-electron chi connectivity index (χ0n) is 8.18. The van der Waals surface area contributed by atoms with Crippen LogP contribution in [0.15, 0.2) is 0 Å². The quantitative estimate of drug-likeness (QED) is 0.640. The summed E-state index contributed by atoms with van der Waals surface area (Å²) in [6, 6.07) is 0. The van der Waals surface area contributed by atoms with E-state index in [1.807, 2.05) is 0 Å². The van der Waals surface area contributed by atoms with E-state index in [0.717, 1.165) is 6.42 Å². The Morgan fingerprint density at radius 1 is 1.17 bits per heavy atom. The van der Waals surface area contributed by atoms with E-state index in [1.165, 1.54) is 25.7 Å². The van der Waals surface area contributed by atoms with Crippen LogP contribution in [0.4, 0.5) is 0 Å². The minimum atomic E-state index is -0.660. The highest BCUT2D eigenvalue weighted by Crippen LogP contribution is 2.18. The molecule has 0 saturated carbocycles.